The zero-order chi connectivity index (χ0) is 23.9. The number of aryl methyl sites for hydroxylation is 1. The topological polar surface area (TPSA) is 71.0 Å². The van der Waals surface area contributed by atoms with E-state index in [1.807, 2.05) is 20.0 Å². The highest BCUT2D eigenvalue weighted by atomic mass is 35.5. The van der Waals surface area contributed by atoms with Gasteiger partial charge in [-0.15, -0.1) is 0 Å². The van der Waals surface area contributed by atoms with E-state index in [0.717, 1.165) is 65.0 Å². The molecule has 1 saturated heterocycles. The average Bonchev–Trinajstić information content (AvgIpc) is 3.19. The molecule has 0 aromatic carbocycles. The Kier molecular flexibility index (Phi) is 6.78. The Bertz CT molecular complexity index is 1250. The summed E-state index contributed by atoms with van der Waals surface area (Å²) in [5, 5.41) is 0.255. The molecular weight excluding hydrogens is 436 g/mol. The van der Waals surface area contributed by atoms with E-state index in [2.05, 4.69) is 35.9 Å². The highest BCUT2D eigenvalue weighted by Gasteiger charge is 2.25. The quantitative estimate of drug-likeness (QED) is 0.541. The van der Waals surface area contributed by atoms with Gasteiger partial charge in [-0.3, -0.25) is 19.5 Å². The van der Waals surface area contributed by atoms with Crippen molar-refractivity contribution in [1.82, 2.24) is 19.4 Å². The van der Waals surface area contributed by atoms with E-state index in [1.54, 1.807) is 7.05 Å². The number of hydrogen-bond acceptors (Lipinski definition) is 4. The lowest BCUT2D eigenvalue weighted by Gasteiger charge is -2.31. The summed E-state index contributed by atoms with van der Waals surface area (Å²) < 4.78 is 1.54. The van der Waals surface area contributed by atoms with Gasteiger partial charge in [-0.25, -0.2) is 0 Å². The molecule has 0 saturated carbocycles. The van der Waals surface area contributed by atoms with Crippen LogP contribution in [0, 0.1) is 6.92 Å². The number of Topliss-reactive ketones (excluding diaryl/α,β-unsaturated/α-hetero) is 1. The van der Waals surface area contributed by atoms with Gasteiger partial charge in [-0.05, 0) is 56.5 Å². The molecule has 33 heavy (non-hydrogen) atoms. The van der Waals surface area contributed by atoms with Gasteiger partial charge in [0.1, 0.15) is 10.8 Å². The zero-order valence-corrected chi connectivity index (χ0v) is 20.9. The number of nitrogens with one attached hydrogen (secondary N) is 1. The molecule has 4 rings (SSSR count). The highest BCUT2D eigenvalue weighted by molar-refractivity contribution is 6.31. The number of hydrogen-bond donors (Lipinski definition) is 1. The number of fused-ring (bicyclic) bond motifs is 1. The van der Waals surface area contributed by atoms with Crippen LogP contribution in [-0.2, 0) is 11.8 Å². The number of nitrogens with zero attached hydrogens (tertiary/aromatic N) is 3. The lowest BCUT2D eigenvalue weighted by atomic mass is 9.92. The summed E-state index contributed by atoms with van der Waals surface area (Å²) in [6.07, 6.45) is 4.49. The first-order chi connectivity index (χ1) is 15.7. The van der Waals surface area contributed by atoms with Gasteiger partial charge in [0.25, 0.3) is 5.56 Å². The number of carbonyl (C=O) groups is 1. The van der Waals surface area contributed by atoms with Crippen LogP contribution in [0.25, 0.3) is 22.3 Å². The molecule has 0 aliphatic carbocycles. The van der Waals surface area contributed by atoms with Crippen LogP contribution in [0.3, 0.4) is 0 Å². The third-order valence-corrected chi connectivity index (χ3v) is 7.36. The molecule has 0 spiro atoms. The van der Waals surface area contributed by atoms with Gasteiger partial charge in [0, 0.05) is 42.4 Å². The molecule has 176 valence electrons. The summed E-state index contributed by atoms with van der Waals surface area (Å²) in [4.78, 5) is 35.0. The monoisotopic (exact) mass is 468 g/mol. The van der Waals surface area contributed by atoms with Crippen molar-refractivity contribution in [2.75, 3.05) is 19.6 Å². The van der Waals surface area contributed by atoms with Crippen LogP contribution in [0.4, 0.5) is 0 Å². The predicted molar refractivity (Wildman–Crippen MR) is 134 cm³/mol. The van der Waals surface area contributed by atoms with Crippen molar-refractivity contribution in [1.29, 1.82) is 0 Å². The average molecular weight is 469 g/mol. The van der Waals surface area contributed by atoms with Gasteiger partial charge in [0.05, 0.1) is 23.3 Å². The normalized spacial score (nSPS) is 15.6. The molecule has 3 aromatic rings. The maximum atomic E-state index is 12.3. The molecular formula is C26H33ClN4O2. The minimum absolute atomic E-state index is 0.187. The molecule has 1 fully saturated rings. The van der Waals surface area contributed by atoms with Crippen LogP contribution < -0.4 is 5.56 Å². The standard InChI is InChI=1S/C26H33ClN4O2/c1-6-18(32)13-31-11-9-17(10-12-31)20-7-8-21-25(28-20)22(15(2)3)24(29-21)19-14-30(5)26(33)23(27)16(19)4/h7-8,14-15,17,29H,6,9-13H2,1-5H3. The summed E-state index contributed by atoms with van der Waals surface area (Å²) >= 11 is 6.36. The van der Waals surface area contributed by atoms with Gasteiger partial charge < -0.3 is 9.55 Å². The number of ketones is 1. The van der Waals surface area contributed by atoms with Crippen LogP contribution in [0.15, 0.2) is 23.1 Å². The molecule has 0 amide bonds. The molecule has 1 aliphatic rings. The lowest BCUT2D eigenvalue weighted by molar-refractivity contribution is -0.120. The molecule has 0 atom stereocenters. The van der Waals surface area contributed by atoms with Gasteiger partial charge in [-0.2, -0.15) is 0 Å². The van der Waals surface area contributed by atoms with E-state index in [4.69, 9.17) is 16.6 Å². The number of piperidine rings is 1. The Balaban J connectivity index is 1.71. The van der Waals surface area contributed by atoms with Crippen LogP contribution in [-0.4, -0.2) is 44.9 Å². The lowest BCUT2D eigenvalue weighted by Crippen LogP contribution is -2.36. The molecule has 0 bridgehead atoms. The SMILES string of the molecule is CCC(=O)CN1CCC(c2ccc3[nH]c(-c4cn(C)c(=O)c(Cl)c4C)c(C(C)C)c3n2)CC1. The smallest absolute Gasteiger partial charge is 0.269 e. The molecule has 1 aliphatic heterocycles. The van der Waals surface area contributed by atoms with Crippen LogP contribution in [0.1, 0.15) is 68.7 Å². The Labute approximate surface area is 200 Å². The maximum Gasteiger partial charge on any atom is 0.269 e. The molecule has 7 heteroatoms. The summed E-state index contributed by atoms with van der Waals surface area (Å²) in [7, 11) is 1.73. The van der Waals surface area contributed by atoms with E-state index in [1.165, 1.54) is 4.57 Å². The third-order valence-electron chi connectivity index (χ3n) is 6.91. The minimum atomic E-state index is -0.187. The summed E-state index contributed by atoms with van der Waals surface area (Å²) in [6, 6.07) is 4.25. The fourth-order valence-corrected chi connectivity index (χ4v) is 5.12. The second-order valence-electron chi connectivity index (χ2n) is 9.54. The van der Waals surface area contributed by atoms with Crippen molar-refractivity contribution >= 4 is 28.4 Å². The number of pyridine rings is 2. The number of H-pyrrole nitrogens is 1. The summed E-state index contributed by atoms with van der Waals surface area (Å²) in [5.41, 5.74) is 6.75. The van der Waals surface area contributed by atoms with E-state index in [-0.39, 0.29) is 16.5 Å². The van der Waals surface area contributed by atoms with E-state index >= 15 is 0 Å². The summed E-state index contributed by atoms with van der Waals surface area (Å²) in [5.74, 6) is 0.950. The number of likely N-dealkylation sites (tertiary alicyclic amines) is 1. The van der Waals surface area contributed by atoms with Crippen molar-refractivity contribution in [3.63, 3.8) is 0 Å². The van der Waals surface area contributed by atoms with Crippen LogP contribution in [0.2, 0.25) is 5.02 Å². The second kappa shape index (κ2) is 9.43. The Morgan fingerprint density at radius 1 is 1.27 bits per heavy atom. The first kappa shape index (κ1) is 23.7. The van der Waals surface area contributed by atoms with Gasteiger partial charge in [0.2, 0.25) is 0 Å². The van der Waals surface area contributed by atoms with Gasteiger partial charge in [0.15, 0.2) is 0 Å². The summed E-state index contributed by atoms with van der Waals surface area (Å²) in [6.45, 7) is 10.6. The molecule has 6 nitrogen and oxygen atoms in total. The maximum absolute atomic E-state index is 12.3. The molecule has 1 N–H and O–H groups in total. The van der Waals surface area contributed by atoms with Crippen LogP contribution >= 0.6 is 11.6 Å². The fourth-order valence-electron chi connectivity index (χ4n) is 4.89. The molecule has 3 aromatic heterocycles. The Hall–Kier alpha value is -2.44. The number of aromatic amines is 1. The third kappa shape index (κ3) is 4.51. The first-order valence-electron chi connectivity index (χ1n) is 11.8. The fraction of sp³-hybridized carbons (Fsp3) is 0.500. The van der Waals surface area contributed by atoms with Gasteiger partial charge in [-0.1, -0.05) is 32.4 Å². The van der Waals surface area contributed by atoms with Crippen LogP contribution in [0.5, 0.6) is 0 Å². The molecule has 0 radical (unpaired) electrons. The highest BCUT2D eigenvalue weighted by Crippen LogP contribution is 2.38. The number of rotatable bonds is 6. The Morgan fingerprint density at radius 3 is 2.61 bits per heavy atom. The van der Waals surface area contributed by atoms with Crippen molar-refractivity contribution in [3.8, 4) is 11.3 Å². The van der Waals surface area contributed by atoms with E-state index in [9.17, 15) is 9.59 Å². The number of carbonyl (C=O) groups excluding carboxylic acids is 1. The molecule has 0 unspecified atom stereocenters. The van der Waals surface area contributed by atoms with Crippen molar-refractivity contribution < 1.29 is 4.79 Å². The van der Waals surface area contributed by atoms with Gasteiger partial charge >= 0.3 is 0 Å². The first-order valence-corrected chi connectivity index (χ1v) is 12.2. The zero-order valence-electron chi connectivity index (χ0n) is 20.2. The van der Waals surface area contributed by atoms with Crippen molar-refractivity contribution in [2.45, 2.75) is 58.8 Å². The minimum Gasteiger partial charge on any atom is -0.353 e. The van der Waals surface area contributed by atoms with Crippen molar-refractivity contribution in [3.05, 3.63) is 50.5 Å². The van der Waals surface area contributed by atoms with Crippen molar-refractivity contribution in [2.24, 2.45) is 7.05 Å². The van der Waals surface area contributed by atoms with E-state index in [0.29, 0.717) is 24.7 Å². The number of halogens is 1. The largest absolute Gasteiger partial charge is 0.353 e. The number of aromatic nitrogens is 3. The molecule has 4 heterocycles. The predicted octanol–water partition coefficient (Wildman–Crippen LogP) is 5.17. The van der Waals surface area contributed by atoms with E-state index < -0.39 is 0 Å². The second-order valence-corrected chi connectivity index (χ2v) is 9.92. The Morgan fingerprint density at radius 2 is 1.97 bits per heavy atom.